The number of imide groups is 1. The number of carbonyl (C=O) groups is 4. The molecular weight excluding hydrogens is 726 g/mol. The Hall–Kier alpha value is -3.38. The molecule has 0 aromatic heterocycles. The molecule has 2 aromatic carbocycles. The highest BCUT2D eigenvalue weighted by Crippen LogP contribution is 2.29. The van der Waals surface area contributed by atoms with Crippen LogP contribution < -0.4 is 10.2 Å². The molecule has 0 bridgehead atoms. The van der Waals surface area contributed by atoms with E-state index in [0.29, 0.717) is 46.2 Å². The van der Waals surface area contributed by atoms with E-state index in [1.807, 2.05) is 48.5 Å². The second kappa shape index (κ2) is 18.7. The minimum absolute atomic E-state index is 0.0936. The summed E-state index contributed by atoms with van der Waals surface area (Å²) in [7, 11) is 0. The van der Waals surface area contributed by atoms with Crippen LogP contribution in [-0.2, 0) is 44.7 Å². The fourth-order valence-electron chi connectivity index (χ4n) is 4.54. The number of nitrogens with one attached hydrogen (secondary N) is 1. The van der Waals surface area contributed by atoms with Crippen LogP contribution in [0.5, 0.6) is 0 Å². The Balaban J connectivity index is 0.991. The minimum Gasteiger partial charge on any atom is -0.379 e. The topological polar surface area (TPSA) is 124 Å². The van der Waals surface area contributed by atoms with Crippen molar-refractivity contribution in [2.45, 2.75) is 19.4 Å². The Kier molecular flexibility index (Phi) is 14.4. The van der Waals surface area contributed by atoms with E-state index in [1.54, 1.807) is 4.90 Å². The molecule has 0 unspecified atom stereocenters. The van der Waals surface area contributed by atoms with Gasteiger partial charge in [0.2, 0.25) is 11.8 Å². The zero-order valence-electron chi connectivity index (χ0n) is 25.2. The largest absolute Gasteiger partial charge is 0.379 e. The molecule has 0 aliphatic carbocycles. The maximum Gasteiger partial charge on any atom is 0.269 e. The summed E-state index contributed by atoms with van der Waals surface area (Å²) < 4.78 is 22.2. The molecule has 0 spiro atoms. The van der Waals surface area contributed by atoms with Crippen molar-refractivity contribution >= 4 is 61.2 Å². The molecule has 13 heteroatoms. The number of nitrogens with zero attached hydrogens (tertiary/aromatic N) is 2. The highest BCUT2D eigenvalue weighted by Gasteiger charge is 2.35. The monoisotopic (exact) mass is 759 g/mol. The van der Waals surface area contributed by atoms with Gasteiger partial charge in [-0.05, 0) is 55.6 Å². The first-order valence-electron chi connectivity index (χ1n) is 14.8. The third kappa shape index (κ3) is 10.3. The van der Waals surface area contributed by atoms with Gasteiger partial charge in [0.25, 0.3) is 11.8 Å². The van der Waals surface area contributed by atoms with Gasteiger partial charge in [-0.1, -0.05) is 42.2 Å². The molecule has 0 atom stereocenters. The summed E-state index contributed by atoms with van der Waals surface area (Å²) in [5.41, 5.74) is 3.43. The Morgan fingerprint density at radius 3 is 1.93 bits per heavy atom. The lowest BCUT2D eigenvalue weighted by atomic mass is 10.0. The molecule has 244 valence electrons. The predicted molar refractivity (Wildman–Crippen MR) is 177 cm³/mol. The van der Waals surface area contributed by atoms with Gasteiger partial charge in [-0.25, -0.2) is 0 Å². The fourth-order valence-corrected chi connectivity index (χ4v) is 5.31. The summed E-state index contributed by atoms with van der Waals surface area (Å²) in [6.07, 6.45) is 0.338. The Bertz CT molecular complexity index is 1480. The number of rotatable bonds is 18. The van der Waals surface area contributed by atoms with Crippen LogP contribution >= 0.6 is 31.9 Å². The van der Waals surface area contributed by atoms with Gasteiger partial charge in [0.15, 0.2) is 0 Å². The van der Waals surface area contributed by atoms with Crippen molar-refractivity contribution in [1.82, 2.24) is 10.2 Å². The zero-order valence-corrected chi connectivity index (χ0v) is 28.4. The van der Waals surface area contributed by atoms with Crippen molar-refractivity contribution in [3.05, 3.63) is 74.2 Å². The maximum absolute atomic E-state index is 13.2. The van der Waals surface area contributed by atoms with Crippen LogP contribution in [-0.4, -0.2) is 94.5 Å². The molecule has 0 radical (unpaired) electrons. The average Bonchev–Trinajstić information content (AvgIpc) is 3.23. The predicted octanol–water partition coefficient (Wildman–Crippen LogP) is 3.27. The molecule has 4 rings (SSSR count). The van der Waals surface area contributed by atoms with E-state index >= 15 is 0 Å². The van der Waals surface area contributed by atoms with Gasteiger partial charge in [0.05, 0.1) is 71.6 Å². The number of amides is 4. The summed E-state index contributed by atoms with van der Waals surface area (Å²) in [6.45, 7) is 3.37. The quantitative estimate of drug-likeness (QED) is 0.140. The van der Waals surface area contributed by atoms with Gasteiger partial charge >= 0.3 is 0 Å². The summed E-state index contributed by atoms with van der Waals surface area (Å²) in [4.78, 5) is 52.2. The van der Waals surface area contributed by atoms with Gasteiger partial charge in [-0.2, -0.15) is 0 Å². The lowest BCUT2D eigenvalue weighted by molar-refractivity contribution is -0.138. The minimum atomic E-state index is -0.390. The van der Waals surface area contributed by atoms with E-state index in [1.165, 1.54) is 0 Å². The number of benzene rings is 2. The number of carbonyl (C=O) groups excluding carboxylic acids is 4. The Labute approximate surface area is 284 Å². The van der Waals surface area contributed by atoms with E-state index < -0.39 is 0 Å². The molecule has 2 aliphatic heterocycles. The van der Waals surface area contributed by atoms with Crippen LogP contribution in [0, 0.1) is 11.8 Å². The first-order valence-corrected chi connectivity index (χ1v) is 16.4. The number of hydrogen-bond donors (Lipinski definition) is 1. The molecular formula is C33H35Br2N3O8. The molecule has 2 aromatic rings. The van der Waals surface area contributed by atoms with Gasteiger partial charge in [0, 0.05) is 30.5 Å². The van der Waals surface area contributed by atoms with Crippen molar-refractivity contribution < 1.29 is 38.1 Å². The highest BCUT2D eigenvalue weighted by molar-refractivity contribution is 9.14. The van der Waals surface area contributed by atoms with E-state index in [2.05, 4.69) is 49.0 Å². The first-order chi connectivity index (χ1) is 22.4. The molecule has 0 fully saturated rings. The number of anilines is 1. The average molecular weight is 761 g/mol. The standard InChI is InChI=1S/C33H35Br2N3O8/c34-30-31(35)33(42)37(32(30)41)14-16-44-18-20-46-22-21-45-19-17-43-15-12-28(39)36-13-11-29(40)38-23-26-7-2-1-5-24(26)9-10-25-6-3-4-8-27(25)38/h1-8H,11-23H2,(H,36,39). The van der Waals surface area contributed by atoms with E-state index in [0.717, 1.165) is 27.3 Å². The van der Waals surface area contributed by atoms with Crippen LogP contribution in [0.15, 0.2) is 57.5 Å². The molecule has 1 N–H and O–H groups in total. The smallest absolute Gasteiger partial charge is 0.269 e. The highest BCUT2D eigenvalue weighted by atomic mass is 79.9. The Morgan fingerprint density at radius 1 is 0.717 bits per heavy atom. The molecule has 2 aliphatic rings. The number of ether oxygens (including phenoxy) is 4. The Morgan fingerprint density at radius 2 is 1.26 bits per heavy atom. The van der Waals surface area contributed by atoms with Crippen LogP contribution in [0.25, 0.3) is 0 Å². The number of para-hydroxylation sites is 1. The summed E-state index contributed by atoms with van der Waals surface area (Å²) in [6, 6.07) is 15.4. The number of fused-ring (bicyclic) bond motifs is 2. The zero-order chi connectivity index (χ0) is 32.7. The number of hydrogen-bond acceptors (Lipinski definition) is 8. The van der Waals surface area contributed by atoms with Crippen molar-refractivity contribution in [2.24, 2.45) is 0 Å². The van der Waals surface area contributed by atoms with Crippen LogP contribution in [0.1, 0.15) is 29.5 Å². The molecule has 46 heavy (non-hydrogen) atoms. The van der Waals surface area contributed by atoms with Gasteiger partial charge in [0.1, 0.15) is 8.96 Å². The second-order valence-electron chi connectivity index (χ2n) is 10.1. The van der Waals surface area contributed by atoms with E-state index in [9.17, 15) is 19.2 Å². The maximum atomic E-state index is 13.2. The van der Waals surface area contributed by atoms with Crippen molar-refractivity contribution in [3.63, 3.8) is 0 Å². The van der Waals surface area contributed by atoms with E-state index in [4.69, 9.17) is 18.9 Å². The third-order valence-electron chi connectivity index (χ3n) is 6.94. The number of halogens is 2. The normalized spacial score (nSPS) is 14.0. The fraction of sp³-hybridized carbons (Fsp3) is 0.394. The lowest BCUT2D eigenvalue weighted by Gasteiger charge is -2.26. The van der Waals surface area contributed by atoms with Crippen molar-refractivity contribution in [2.75, 3.05) is 70.8 Å². The molecule has 4 amide bonds. The second-order valence-corrected chi connectivity index (χ2v) is 11.7. The van der Waals surface area contributed by atoms with E-state index in [-0.39, 0.29) is 71.7 Å². The summed E-state index contributed by atoms with van der Waals surface area (Å²) in [5, 5.41) is 2.80. The summed E-state index contributed by atoms with van der Waals surface area (Å²) >= 11 is 6.16. The van der Waals surface area contributed by atoms with Crippen LogP contribution in [0.4, 0.5) is 5.69 Å². The van der Waals surface area contributed by atoms with Gasteiger partial charge in [-0.3, -0.25) is 24.1 Å². The van der Waals surface area contributed by atoms with Crippen molar-refractivity contribution in [1.29, 1.82) is 0 Å². The molecule has 0 saturated heterocycles. The molecule has 2 heterocycles. The van der Waals surface area contributed by atoms with Gasteiger partial charge < -0.3 is 29.2 Å². The first kappa shape index (κ1) is 35.5. The SMILES string of the molecule is O=C(CCOCCOCCOCCOCCN1C(=O)C(Br)=C(Br)C1=O)NCCC(=O)N1Cc2ccccc2C#Cc2ccccc21. The van der Waals surface area contributed by atoms with Gasteiger partial charge in [-0.15, -0.1) is 0 Å². The van der Waals surface area contributed by atoms with Crippen molar-refractivity contribution in [3.8, 4) is 11.8 Å². The summed E-state index contributed by atoms with van der Waals surface area (Å²) in [5.74, 6) is 5.33. The lowest BCUT2D eigenvalue weighted by Crippen LogP contribution is -2.35. The molecule has 0 saturated carbocycles. The molecule has 11 nitrogen and oxygen atoms in total. The van der Waals surface area contributed by atoms with Crippen LogP contribution in [0.2, 0.25) is 0 Å². The van der Waals surface area contributed by atoms with Crippen LogP contribution in [0.3, 0.4) is 0 Å². The third-order valence-corrected chi connectivity index (χ3v) is 8.95.